The molecule has 0 saturated heterocycles. The second-order valence-corrected chi connectivity index (χ2v) is 9.03. The lowest BCUT2D eigenvalue weighted by Gasteiger charge is -2.13. The van der Waals surface area contributed by atoms with Gasteiger partial charge in [0, 0.05) is 5.92 Å². The highest BCUT2D eigenvalue weighted by Crippen LogP contribution is 2.36. The number of sulfone groups is 1. The standard InChI is InChI=1S/C23H25NO6S/c1-28-14-21(23(25)30-3)20-7-5-4-6-17(20)15-31(26,27)22(16-8-9-16)24-18-10-12-19(29-2)13-11-18/h4-7,10-14,16H,8-9,15H2,1-3H3/b21-14+,24-22?. The van der Waals surface area contributed by atoms with Crippen molar-refractivity contribution in [2.24, 2.45) is 10.9 Å². The zero-order chi connectivity index (χ0) is 22.4. The van der Waals surface area contributed by atoms with Gasteiger partial charge in [0.2, 0.25) is 0 Å². The van der Waals surface area contributed by atoms with Gasteiger partial charge in [-0.15, -0.1) is 0 Å². The van der Waals surface area contributed by atoms with Crippen molar-refractivity contribution in [2.45, 2.75) is 18.6 Å². The molecule has 0 bridgehead atoms. The topological polar surface area (TPSA) is 91.3 Å². The molecule has 0 spiro atoms. The van der Waals surface area contributed by atoms with E-state index in [0.717, 1.165) is 12.8 Å². The maximum Gasteiger partial charge on any atom is 0.341 e. The van der Waals surface area contributed by atoms with Crippen molar-refractivity contribution >= 4 is 32.1 Å². The molecule has 2 aromatic carbocycles. The minimum Gasteiger partial charge on any atom is -0.503 e. The fraction of sp³-hybridized carbons (Fsp3) is 0.304. The Morgan fingerprint density at radius 1 is 1.06 bits per heavy atom. The molecular weight excluding hydrogens is 418 g/mol. The number of hydrogen-bond acceptors (Lipinski definition) is 7. The van der Waals surface area contributed by atoms with E-state index >= 15 is 0 Å². The molecule has 0 unspecified atom stereocenters. The highest BCUT2D eigenvalue weighted by molar-refractivity contribution is 8.05. The monoisotopic (exact) mass is 443 g/mol. The zero-order valence-electron chi connectivity index (χ0n) is 17.7. The summed E-state index contributed by atoms with van der Waals surface area (Å²) in [4.78, 5) is 16.7. The van der Waals surface area contributed by atoms with Crippen LogP contribution in [-0.2, 0) is 29.9 Å². The lowest BCUT2D eigenvalue weighted by molar-refractivity contribution is -0.133. The SMILES string of the molecule is CO/C=C(/C(=O)OC)c1ccccc1CS(=O)(=O)C(=Nc1ccc(OC)cc1)C1CC1. The first-order chi connectivity index (χ1) is 14.9. The third-order valence-corrected chi connectivity index (χ3v) is 6.60. The number of carbonyl (C=O) groups is 1. The number of benzene rings is 2. The molecule has 1 fully saturated rings. The summed E-state index contributed by atoms with van der Waals surface area (Å²) in [6, 6.07) is 13.7. The maximum absolute atomic E-state index is 13.4. The Bertz CT molecular complexity index is 1100. The first kappa shape index (κ1) is 22.6. The molecule has 1 aliphatic rings. The van der Waals surface area contributed by atoms with Gasteiger partial charge in [-0.2, -0.15) is 0 Å². The van der Waals surface area contributed by atoms with Gasteiger partial charge in [-0.25, -0.2) is 18.2 Å². The van der Waals surface area contributed by atoms with E-state index in [1.807, 2.05) is 0 Å². The largest absolute Gasteiger partial charge is 0.503 e. The molecule has 0 aromatic heterocycles. The molecule has 1 aliphatic carbocycles. The van der Waals surface area contributed by atoms with Crippen molar-refractivity contribution in [3.63, 3.8) is 0 Å². The highest BCUT2D eigenvalue weighted by Gasteiger charge is 2.36. The second-order valence-electron chi connectivity index (χ2n) is 7.10. The molecule has 8 heteroatoms. The van der Waals surface area contributed by atoms with Crippen molar-refractivity contribution < 1.29 is 27.4 Å². The van der Waals surface area contributed by atoms with E-state index < -0.39 is 15.8 Å². The van der Waals surface area contributed by atoms with E-state index in [9.17, 15) is 13.2 Å². The summed E-state index contributed by atoms with van der Waals surface area (Å²) in [6.45, 7) is 0. The lowest BCUT2D eigenvalue weighted by atomic mass is 10.0. The van der Waals surface area contributed by atoms with Crippen LogP contribution in [-0.4, -0.2) is 40.8 Å². The van der Waals surface area contributed by atoms with Crippen molar-refractivity contribution in [1.29, 1.82) is 0 Å². The minimum atomic E-state index is -3.73. The molecule has 7 nitrogen and oxygen atoms in total. The van der Waals surface area contributed by atoms with Crippen LogP contribution in [0.3, 0.4) is 0 Å². The van der Waals surface area contributed by atoms with Gasteiger partial charge >= 0.3 is 5.97 Å². The molecule has 3 rings (SSSR count). The molecule has 0 N–H and O–H groups in total. The van der Waals surface area contributed by atoms with E-state index in [-0.39, 0.29) is 22.3 Å². The molecule has 0 heterocycles. The number of rotatable bonds is 8. The Morgan fingerprint density at radius 3 is 2.32 bits per heavy atom. The van der Waals surface area contributed by atoms with Gasteiger partial charge in [-0.3, -0.25) is 0 Å². The van der Waals surface area contributed by atoms with Crippen LogP contribution in [0, 0.1) is 5.92 Å². The number of carbonyl (C=O) groups excluding carboxylic acids is 1. The number of aliphatic imine (C=N–C) groups is 1. The second kappa shape index (κ2) is 9.78. The molecule has 0 atom stereocenters. The van der Waals surface area contributed by atoms with Crippen LogP contribution in [0.2, 0.25) is 0 Å². The molecular formula is C23H25NO6S. The number of esters is 1. The average molecular weight is 444 g/mol. The zero-order valence-corrected chi connectivity index (χ0v) is 18.5. The van der Waals surface area contributed by atoms with Gasteiger partial charge in [-0.05, 0) is 48.2 Å². The Hall–Kier alpha value is -3.13. The lowest BCUT2D eigenvalue weighted by Crippen LogP contribution is -2.20. The predicted molar refractivity (Wildman–Crippen MR) is 119 cm³/mol. The van der Waals surface area contributed by atoms with E-state index in [1.165, 1.54) is 20.5 Å². The average Bonchev–Trinajstić information content (AvgIpc) is 3.61. The van der Waals surface area contributed by atoms with Crippen LogP contribution in [0.25, 0.3) is 5.57 Å². The number of hydrogen-bond donors (Lipinski definition) is 0. The first-order valence-corrected chi connectivity index (χ1v) is 11.4. The van der Waals surface area contributed by atoms with E-state index in [2.05, 4.69) is 4.99 Å². The van der Waals surface area contributed by atoms with Gasteiger partial charge in [-0.1, -0.05) is 24.3 Å². The van der Waals surface area contributed by atoms with Gasteiger partial charge in [0.1, 0.15) is 16.4 Å². The van der Waals surface area contributed by atoms with Crippen LogP contribution in [0.1, 0.15) is 24.0 Å². The van der Waals surface area contributed by atoms with Crippen LogP contribution in [0.4, 0.5) is 5.69 Å². The fourth-order valence-corrected chi connectivity index (χ4v) is 4.96. The van der Waals surface area contributed by atoms with Gasteiger partial charge in [0.25, 0.3) is 0 Å². The Labute approximate surface area is 182 Å². The van der Waals surface area contributed by atoms with Gasteiger partial charge < -0.3 is 14.2 Å². The minimum absolute atomic E-state index is 0.0890. The molecule has 2 aromatic rings. The molecule has 0 amide bonds. The molecule has 0 aliphatic heterocycles. The first-order valence-electron chi connectivity index (χ1n) is 9.74. The number of ether oxygens (including phenoxy) is 3. The normalized spacial score (nSPS) is 14.8. The summed E-state index contributed by atoms with van der Waals surface area (Å²) in [5, 5.41) is 0.169. The number of methoxy groups -OCH3 is 3. The van der Waals surface area contributed by atoms with E-state index in [0.29, 0.717) is 22.6 Å². The summed E-state index contributed by atoms with van der Waals surface area (Å²) in [6.07, 6.45) is 2.82. The molecule has 31 heavy (non-hydrogen) atoms. The van der Waals surface area contributed by atoms with Gasteiger partial charge in [0.05, 0.1) is 39.0 Å². The van der Waals surface area contributed by atoms with Crippen LogP contribution in [0.5, 0.6) is 5.75 Å². The summed E-state index contributed by atoms with van der Waals surface area (Å²) in [5.74, 6) is -0.314. The predicted octanol–water partition coefficient (Wildman–Crippen LogP) is 3.91. The molecule has 0 radical (unpaired) electrons. The Kier molecular flexibility index (Phi) is 7.12. The van der Waals surface area contributed by atoms with Crippen LogP contribution < -0.4 is 4.74 Å². The summed E-state index contributed by atoms with van der Waals surface area (Å²) >= 11 is 0. The van der Waals surface area contributed by atoms with Crippen molar-refractivity contribution in [1.82, 2.24) is 0 Å². The van der Waals surface area contributed by atoms with Crippen LogP contribution >= 0.6 is 0 Å². The Balaban J connectivity index is 1.98. The molecule has 1 saturated carbocycles. The Morgan fingerprint density at radius 2 is 1.74 bits per heavy atom. The smallest absolute Gasteiger partial charge is 0.341 e. The van der Waals surface area contributed by atoms with Crippen LogP contribution in [0.15, 0.2) is 59.8 Å². The number of nitrogens with zero attached hydrogens (tertiary/aromatic N) is 1. The quantitative estimate of drug-likeness (QED) is 0.202. The summed E-state index contributed by atoms with van der Waals surface area (Å²) in [7, 11) is 0.509. The van der Waals surface area contributed by atoms with Crippen molar-refractivity contribution in [2.75, 3.05) is 21.3 Å². The third kappa shape index (κ3) is 5.52. The molecule has 164 valence electrons. The highest BCUT2D eigenvalue weighted by atomic mass is 32.2. The van der Waals surface area contributed by atoms with E-state index in [4.69, 9.17) is 14.2 Å². The third-order valence-electron chi connectivity index (χ3n) is 4.85. The summed E-state index contributed by atoms with van der Waals surface area (Å²) < 4.78 is 41.7. The van der Waals surface area contributed by atoms with Crippen molar-refractivity contribution in [3.05, 3.63) is 65.9 Å². The fourth-order valence-electron chi connectivity index (χ4n) is 3.17. The van der Waals surface area contributed by atoms with E-state index in [1.54, 1.807) is 55.6 Å². The van der Waals surface area contributed by atoms with Gasteiger partial charge in [0.15, 0.2) is 9.84 Å². The maximum atomic E-state index is 13.4. The van der Waals surface area contributed by atoms with Crippen molar-refractivity contribution in [3.8, 4) is 5.75 Å². The summed E-state index contributed by atoms with van der Waals surface area (Å²) in [5.41, 5.74) is 1.61.